The molecule has 2 N–H and O–H groups in total. The summed E-state index contributed by atoms with van der Waals surface area (Å²) in [6.45, 7) is 4.67. The number of hydrogen-bond acceptors (Lipinski definition) is 3. The lowest BCUT2D eigenvalue weighted by Gasteiger charge is -2.30. The van der Waals surface area contributed by atoms with Crippen molar-refractivity contribution < 1.29 is 0 Å². The lowest BCUT2D eigenvalue weighted by molar-refractivity contribution is 0.660. The zero-order chi connectivity index (χ0) is 35.9. The van der Waals surface area contributed by atoms with Gasteiger partial charge in [-0.2, -0.15) is 0 Å². The molecule has 1 aliphatic carbocycles. The molecular formula is C50H39N3. The average Bonchev–Trinajstić information content (AvgIpc) is 3.44. The van der Waals surface area contributed by atoms with Crippen LogP contribution in [0.3, 0.4) is 0 Å². The molecule has 3 heteroatoms. The Kier molecular flexibility index (Phi) is 7.97. The molecule has 3 nitrogen and oxygen atoms in total. The predicted octanol–water partition coefficient (Wildman–Crippen LogP) is 12.5. The molecule has 0 radical (unpaired) electrons. The van der Waals surface area contributed by atoms with E-state index in [9.17, 15) is 5.41 Å². The minimum atomic E-state index is -0.115. The number of benzene rings is 7. The van der Waals surface area contributed by atoms with Crippen LogP contribution in [-0.2, 0) is 5.41 Å². The van der Waals surface area contributed by atoms with Crippen LogP contribution in [0.5, 0.6) is 0 Å². The normalized spacial score (nSPS) is 14.6. The third-order valence-electron chi connectivity index (χ3n) is 10.7. The fourth-order valence-electron chi connectivity index (χ4n) is 8.02. The van der Waals surface area contributed by atoms with Gasteiger partial charge in [0.1, 0.15) is 0 Å². The first-order valence-electron chi connectivity index (χ1n) is 18.2. The summed E-state index contributed by atoms with van der Waals surface area (Å²) in [5.74, 6) is 0. The quantitative estimate of drug-likeness (QED) is 0.164. The third-order valence-corrected chi connectivity index (χ3v) is 10.7. The zero-order valence-corrected chi connectivity index (χ0v) is 29.8. The minimum absolute atomic E-state index is 0.115. The number of allylic oxidation sites excluding steroid dienone is 1. The molecule has 0 bridgehead atoms. The summed E-state index contributed by atoms with van der Waals surface area (Å²) >= 11 is 0. The van der Waals surface area contributed by atoms with E-state index in [-0.39, 0.29) is 5.41 Å². The predicted molar refractivity (Wildman–Crippen MR) is 223 cm³/mol. The maximum Gasteiger partial charge on any atom is 0.0711 e. The number of hydrogen-bond donors (Lipinski definition) is 2. The van der Waals surface area contributed by atoms with E-state index in [2.05, 4.69) is 158 Å². The van der Waals surface area contributed by atoms with Gasteiger partial charge in [0.2, 0.25) is 0 Å². The van der Waals surface area contributed by atoms with Crippen LogP contribution in [0, 0.1) is 5.41 Å². The van der Waals surface area contributed by atoms with Gasteiger partial charge in [-0.25, -0.2) is 0 Å². The number of fused-ring (bicyclic) bond motifs is 4. The first kappa shape index (κ1) is 32.2. The minimum Gasteiger partial charge on any atom is -0.354 e. The van der Waals surface area contributed by atoms with Crippen LogP contribution in [0.25, 0.3) is 34.2 Å². The van der Waals surface area contributed by atoms with Crippen LogP contribution in [0.2, 0.25) is 0 Å². The molecule has 53 heavy (non-hydrogen) atoms. The van der Waals surface area contributed by atoms with Gasteiger partial charge < -0.3 is 10.2 Å². The molecule has 1 aliphatic heterocycles. The van der Waals surface area contributed by atoms with E-state index in [4.69, 9.17) is 0 Å². The fourth-order valence-corrected chi connectivity index (χ4v) is 8.02. The monoisotopic (exact) mass is 681 g/mol. The molecule has 0 saturated heterocycles. The molecule has 0 spiro atoms. The molecule has 0 atom stereocenters. The highest BCUT2D eigenvalue weighted by Gasteiger charge is 2.36. The third kappa shape index (κ3) is 5.68. The Morgan fingerprint density at radius 2 is 1.06 bits per heavy atom. The Morgan fingerprint density at radius 3 is 1.75 bits per heavy atom. The molecule has 1 heterocycles. The van der Waals surface area contributed by atoms with Crippen molar-refractivity contribution in [3.05, 3.63) is 221 Å². The highest BCUT2D eigenvalue weighted by Crippen LogP contribution is 2.51. The summed E-state index contributed by atoms with van der Waals surface area (Å²) in [7, 11) is 0. The Balaban J connectivity index is 1.25. The first-order valence-corrected chi connectivity index (χ1v) is 18.2. The van der Waals surface area contributed by atoms with Gasteiger partial charge in [0.25, 0.3) is 0 Å². The van der Waals surface area contributed by atoms with Crippen LogP contribution in [-0.4, -0.2) is 5.71 Å². The lowest BCUT2D eigenvalue weighted by Crippen LogP contribution is -2.21. The van der Waals surface area contributed by atoms with Gasteiger partial charge in [-0.15, -0.1) is 0 Å². The standard InChI is InChI=1S/C50H39N3/c1-50(2)44-26-16-15-25-42(44)43-30-28-40(33-45(43)50)53(38-23-13-6-14-24-38)39-27-29-41-37(31-39)32-46(34-17-7-3-8-18-34)52-49(41)47(35-19-9-4-10-20-35)48(51)36-21-11-5-12-22-36/h3-33,51-52H,1-2H3/b49-47-,51-48?. The summed E-state index contributed by atoms with van der Waals surface area (Å²) in [6, 6.07) is 63.9. The summed E-state index contributed by atoms with van der Waals surface area (Å²) in [6.07, 6.45) is 2.25. The second kappa shape index (κ2) is 13.1. The van der Waals surface area contributed by atoms with Gasteiger partial charge in [0.05, 0.1) is 11.4 Å². The molecule has 7 aromatic rings. The molecular weight excluding hydrogens is 643 g/mol. The van der Waals surface area contributed by atoms with Crippen LogP contribution in [0.1, 0.15) is 52.8 Å². The van der Waals surface area contributed by atoms with Crippen molar-refractivity contribution >= 4 is 45.8 Å². The van der Waals surface area contributed by atoms with Crippen LogP contribution < -0.4 is 10.2 Å². The van der Waals surface area contributed by atoms with Crippen molar-refractivity contribution in [2.75, 3.05) is 4.90 Å². The zero-order valence-electron chi connectivity index (χ0n) is 29.8. The molecule has 0 unspecified atom stereocenters. The van der Waals surface area contributed by atoms with Gasteiger partial charge in [0.15, 0.2) is 0 Å². The molecule has 9 rings (SSSR count). The van der Waals surface area contributed by atoms with Gasteiger partial charge in [0, 0.05) is 44.9 Å². The van der Waals surface area contributed by atoms with Crippen molar-refractivity contribution in [2.24, 2.45) is 0 Å². The summed E-state index contributed by atoms with van der Waals surface area (Å²) in [4.78, 5) is 2.37. The molecule has 0 aromatic heterocycles. The molecule has 2 aliphatic rings. The molecule has 0 fully saturated rings. The van der Waals surface area contributed by atoms with Crippen LogP contribution in [0.4, 0.5) is 17.1 Å². The first-order chi connectivity index (χ1) is 26.0. The van der Waals surface area contributed by atoms with Gasteiger partial charge in [-0.05, 0) is 81.4 Å². The smallest absolute Gasteiger partial charge is 0.0711 e. The summed E-state index contributed by atoms with van der Waals surface area (Å²) in [5.41, 5.74) is 16.8. The van der Waals surface area contributed by atoms with Crippen molar-refractivity contribution in [3.63, 3.8) is 0 Å². The van der Waals surface area contributed by atoms with E-state index >= 15 is 0 Å². The number of nitrogens with one attached hydrogen (secondary N) is 2. The van der Waals surface area contributed by atoms with Gasteiger partial charge >= 0.3 is 0 Å². The van der Waals surface area contributed by atoms with Crippen molar-refractivity contribution in [2.45, 2.75) is 19.3 Å². The number of anilines is 3. The molecule has 0 amide bonds. The largest absolute Gasteiger partial charge is 0.354 e. The highest BCUT2D eigenvalue weighted by molar-refractivity contribution is 6.36. The number of rotatable bonds is 7. The van der Waals surface area contributed by atoms with Gasteiger partial charge in [-0.1, -0.05) is 159 Å². The van der Waals surface area contributed by atoms with Gasteiger partial charge in [-0.3, -0.25) is 5.41 Å². The second-order valence-electron chi connectivity index (χ2n) is 14.2. The molecule has 7 aromatic carbocycles. The maximum absolute atomic E-state index is 9.62. The summed E-state index contributed by atoms with van der Waals surface area (Å²) < 4.78 is 0. The van der Waals surface area contributed by atoms with E-state index in [0.717, 1.165) is 61.8 Å². The Morgan fingerprint density at radius 1 is 0.509 bits per heavy atom. The molecule has 0 saturated carbocycles. The second-order valence-corrected chi connectivity index (χ2v) is 14.2. The van der Waals surface area contributed by atoms with Crippen molar-refractivity contribution in [3.8, 4) is 11.1 Å². The Hall–Kier alpha value is -6.71. The van der Waals surface area contributed by atoms with E-state index in [0.29, 0.717) is 5.71 Å². The Labute approximate surface area is 311 Å². The van der Waals surface area contributed by atoms with E-state index in [1.165, 1.54) is 22.3 Å². The van der Waals surface area contributed by atoms with Crippen LogP contribution in [0.15, 0.2) is 182 Å². The van der Waals surface area contributed by atoms with Crippen molar-refractivity contribution in [1.82, 2.24) is 5.32 Å². The number of nitrogens with zero attached hydrogens (tertiary/aromatic N) is 1. The van der Waals surface area contributed by atoms with Crippen molar-refractivity contribution in [1.29, 1.82) is 5.41 Å². The maximum atomic E-state index is 9.62. The summed E-state index contributed by atoms with van der Waals surface area (Å²) in [5, 5.41) is 13.4. The number of para-hydroxylation sites is 1. The van der Waals surface area contributed by atoms with E-state index < -0.39 is 0 Å². The average molecular weight is 682 g/mol. The van der Waals surface area contributed by atoms with E-state index in [1.807, 2.05) is 54.6 Å². The molecule has 254 valence electrons. The fraction of sp³-hybridized carbons (Fsp3) is 0.0600. The van der Waals surface area contributed by atoms with Crippen LogP contribution >= 0.6 is 0 Å². The van der Waals surface area contributed by atoms with E-state index in [1.54, 1.807) is 0 Å². The topological polar surface area (TPSA) is 39.1 Å². The SMILES string of the molecule is CC1(C)c2ccccc2-c2ccc(N(c3ccccc3)c3ccc4c(c3)C=C(c3ccccc3)N/C4=C(\C(=N)c3ccccc3)c3ccccc3)cc21. The highest BCUT2D eigenvalue weighted by atomic mass is 15.1. The Bertz CT molecular complexity index is 2550. The lowest BCUT2D eigenvalue weighted by atomic mass is 9.82.